The van der Waals surface area contributed by atoms with E-state index in [4.69, 9.17) is 0 Å². The van der Waals surface area contributed by atoms with E-state index in [0.29, 0.717) is 13.0 Å². The lowest BCUT2D eigenvalue weighted by atomic mass is 10.0. The maximum absolute atomic E-state index is 12.2. The number of aromatic nitrogens is 1. The Bertz CT molecular complexity index is 820. The van der Waals surface area contributed by atoms with Gasteiger partial charge in [0.1, 0.15) is 0 Å². The van der Waals surface area contributed by atoms with Crippen molar-refractivity contribution in [2.45, 2.75) is 12.5 Å². The zero-order valence-electron chi connectivity index (χ0n) is 14.3. The van der Waals surface area contributed by atoms with Crippen LogP contribution in [0.25, 0.3) is 10.9 Å². The summed E-state index contributed by atoms with van der Waals surface area (Å²) in [5.74, 6) is 0.0736. The van der Waals surface area contributed by atoms with Gasteiger partial charge in [-0.1, -0.05) is 24.3 Å². The van der Waals surface area contributed by atoms with Crippen LogP contribution >= 0.6 is 11.3 Å². The molecule has 2 aromatic heterocycles. The third-order valence-corrected chi connectivity index (χ3v) is 5.19. The number of nitrogens with one attached hydrogen (secondary N) is 1. The number of hydrogen-bond donors (Lipinski definition) is 1. The monoisotopic (exact) mass is 341 g/mol. The van der Waals surface area contributed by atoms with E-state index < -0.39 is 0 Å². The van der Waals surface area contributed by atoms with Crippen molar-refractivity contribution in [1.82, 2.24) is 14.8 Å². The minimum atomic E-state index is 0.0736. The number of nitrogens with zero attached hydrogens (tertiary/aromatic N) is 2. The van der Waals surface area contributed by atoms with Crippen molar-refractivity contribution in [2.24, 2.45) is 7.05 Å². The van der Waals surface area contributed by atoms with Gasteiger partial charge in [-0.2, -0.15) is 0 Å². The van der Waals surface area contributed by atoms with Crippen molar-refractivity contribution >= 4 is 28.1 Å². The van der Waals surface area contributed by atoms with Gasteiger partial charge in [-0.15, -0.1) is 11.3 Å². The molecule has 1 N–H and O–H groups in total. The van der Waals surface area contributed by atoms with E-state index in [9.17, 15) is 4.79 Å². The summed E-state index contributed by atoms with van der Waals surface area (Å²) >= 11 is 1.62. The SMILES string of the molecule is CN(C)C(CNC(=O)Cc1cccs1)c1cn(C)c2ccccc12. The zero-order chi connectivity index (χ0) is 17.1. The van der Waals surface area contributed by atoms with Crippen molar-refractivity contribution in [3.8, 4) is 0 Å². The maximum atomic E-state index is 12.2. The number of hydrogen-bond acceptors (Lipinski definition) is 3. The summed E-state index contributed by atoms with van der Waals surface area (Å²) in [5, 5.41) is 6.33. The number of carbonyl (C=O) groups is 1. The predicted molar refractivity (Wildman–Crippen MR) is 100 cm³/mol. The normalized spacial score (nSPS) is 12.7. The van der Waals surface area contributed by atoms with Gasteiger partial charge in [-0.3, -0.25) is 4.79 Å². The average molecular weight is 341 g/mol. The summed E-state index contributed by atoms with van der Waals surface area (Å²) in [5.41, 5.74) is 2.46. The summed E-state index contributed by atoms with van der Waals surface area (Å²) in [6.07, 6.45) is 2.62. The topological polar surface area (TPSA) is 37.3 Å². The van der Waals surface area contributed by atoms with E-state index in [1.54, 1.807) is 11.3 Å². The Morgan fingerprint density at radius 1 is 1.25 bits per heavy atom. The number of para-hydroxylation sites is 1. The molecule has 0 spiro atoms. The molecule has 1 unspecified atom stereocenters. The summed E-state index contributed by atoms with van der Waals surface area (Å²) < 4.78 is 2.15. The van der Waals surface area contributed by atoms with Crippen molar-refractivity contribution in [3.05, 3.63) is 58.4 Å². The molecular weight excluding hydrogens is 318 g/mol. The van der Waals surface area contributed by atoms with Crippen LogP contribution in [0, 0.1) is 0 Å². The van der Waals surface area contributed by atoms with E-state index in [-0.39, 0.29) is 11.9 Å². The van der Waals surface area contributed by atoms with Crippen LogP contribution in [0.15, 0.2) is 48.0 Å². The molecule has 0 saturated heterocycles. The highest BCUT2D eigenvalue weighted by molar-refractivity contribution is 7.10. The van der Waals surface area contributed by atoms with Crippen molar-refractivity contribution in [3.63, 3.8) is 0 Å². The summed E-state index contributed by atoms with van der Waals surface area (Å²) in [4.78, 5) is 15.5. The van der Waals surface area contributed by atoms with Gasteiger partial charge >= 0.3 is 0 Å². The molecule has 0 aliphatic carbocycles. The molecule has 24 heavy (non-hydrogen) atoms. The quantitative estimate of drug-likeness (QED) is 0.747. The molecule has 3 aromatic rings. The molecule has 0 aliphatic rings. The minimum Gasteiger partial charge on any atom is -0.354 e. The fourth-order valence-corrected chi connectivity index (χ4v) is 3.76. The molecule has 0 fully saturated rings. The third kappa shape index (κ3) is 3.52. The Labute approximate surface area is 146 Å². The fourth-order valence-electron chi connectivity index (χ4n) is 3.05. The highest BCUT2D eigenvalue weighted by Crippen LogP contribution is 2.28. The van der Waals surface area contributed by atoms with E-state index in [2.05, 4.69) is 66.4 Å². The first-order valence-corrected chi connectivity index (χ1v) is 8.93. The predicted octanol–water partition coefficient (Wildman–Crippen LogP) is 3.20. The number of fused-ring (bicyclic) bond motifs is 1. The van der Waals surface area contributed by atoms with Crippen LogP contribution in [-0.4, -0.2) is 36.0 Å². The lowest BCUT2D eigenvalue weighted by Gasteiger charge is -2.24. The largest absolute Gasteiger partial charge is 0.354 e. The van der Waals surface area contributed by atoms with Crippen LogP contribution in [0.4, 0.5) is 0 Å². The molecule has 0 aliphatic heterocycles. The van der Waals surface area contributed by atoms with Gasteiger partial charge < -0.3 is 14.8 Å². The maximum Gasteiger partial charge on any atom is 0.225 e. The van der Waals surface area contributed by atoms with Crippen LogP contribution in [0.2, 0.25) is 0 Å². The van der Waals surface area contributed by atoms with Crippen LogP contribution < -0.4 is 5.32 Å². The van der Waals surface area contributed by atoms with Crippen LogP contribution in [0.5, 0.6) is 0 Å². The van der Waals surface area contributed by atoms with Crippen molar-refractivity contribution in [2.75, 3.05) is 20.6 Å². The lowest BCUT2D eigenvalue weighted by Crippen LogP contribution is -2.35. The van der Waals surface area contributed by atoms with Crippen molar-refractivity contribution < 1.29 is 4.79 Å². The van der Waals surface area contributed by atoms with Gasteiger partial charge in [0.05, 0.1) is 12.5 Å². The first-order valence-electron chi connectivity index (χ1n) is 8.05. The van der Waals surface area contributed by atoms with E-state index in [1.807, 2.05) is 17.5 Å². The summed E-state index contributed by atoms with van der Waals surface area (Å²) in [6, 6.07) is 12.5. The van der Waals surface area contributed by atoms with Crippen molar-refractivity contribution in [1.29, 1.82) is 0 Å². The molecule has 1 aromatic carbocycles. The van der Waals surface area contributed by atoms with Gasteiger partial charge in [-0.25, -0.2) is 0 Å². The van der Waals surface area contributed by atoms with Crippen LogP contribution in [0.3, 0.4) is 0 Å². The Kier molecular flexibility index (Phi) is 5.02. The second-order valence-electron chi connectivity index (χ2n) is 6.25. The molecule has 0 bridgehead atoms. The molecule has 0 saturated carbocycles. The Morgan fingerprint density at radius 3 is 2.75 bits per heavy atom. The van der Waals surface area contributed by atoms with E-state index >= 15 is 0 Å². The van der Waals surface area contributed by atoms with Crippen LogP contribution in [-0.2, 0) is 18.3 Å². The number of aryl methyl sites for hydroxylation is 1. The molecule has 0 radical (unpaired) electrons. The smallest absolute Gasteiger partial charge is 0.225 e. The van der Waals surface area contributed by atoms with E-state index in [0.717, 1.165) is 4.88 Å². The molecule has 5 heteroatoms. The zero-order valence-corrected chi connectivity index (χ0v) is 15.1. The van der Waals surface area contributed by atoms with Gasteiger partial charge in [0, 0.05) is 35.6 Å². The number of rotatable bonds is 6. The molecular formula is C19H23N3OS. The van der Waals surface area contributed by atoms with Gasteiger partial charge in [0.2, 0.25) is 5.91 Å². The third-order valence-electron chi connectivity index (χ3n) is 4.32. The Morgan fingerprint density at radius 2 is 2.04 bits per heavy atom. The summed E-state index contributed by atoms with van der Waals surface area (Å²) in [6.45, 7) is 0.602. The fraction of sp³-hybridized carbons (Fsp3) is 0.316. The molecule has 2 heterocycles. The highest BCUT2D eigenvalue weighted by atomic mass is 32.1. The van der Waals surface area contributed by atoms with Gasteiger partial charge in [0.25, 0.3) is 0 Å². The average Bonchev–Trinajstić information content (AvgIpc) is 3.17. The molecule has 4 nitrogen and oxygen atoms in total. The number of amides is 1. The van der Waals surface area contributed by atoms with Crippen LogP contribution in [0.1, 0.15) is 16.5 Å². The minimum absolute atomic E-state index is 0.0736. The Hall–Kier alpha value is -2.11. The molecule has 126 valence electrons. The van der Waals surface area contributed by atoms with Gasteiger partial charge in [0.15, 0.2) is 0 Å². The number of benzene rings is 1. The van der Waals surface area contributed by atoms with Gasteiger partial charge in [-0.05, 0) is 37.2 Å². The Balaban J connectivity index is 1.76. The molecule has 1 amide bonds. The standard InChI is InChI=1S/C19H23N3OS/c1-21(2)18(12-20-19(23)11-14-7-6-10-24-14)16-13-22(3)17-9-5-4-8-15(16)17/h4-10,13,18H,11-12H2,1-3H3,(H,20,23). The first-order chi connectivity index (χ1) is 11.6. The summed E-state index contributed by atoms with van der Waals surface area (Å²) in [7, 11) is 6.17. The molecule has 3 rings (SSSR count). The molecule has 1 atom stereocenters. The van der Waals surface area contributed by atoms with E-state index in [1.165, 1.54) is 16.5 Å². The highest BCUT2D eigenvalue weighted by Gasteiger charge is 2.20. The number of likely N-dealkylation sites (N-methyl/N-ethyl adjacent to an activating group) is 1. The number of carbonyl (C=O) groups excluding carboxylic acids is 1. The second kappa shape index (κ2) is 7.20. The first kappa shape index (κ1) is 16.7. The number of thiophene rings is 1. The lowest BCUT2D eigenvalue weighted by molar-refractivity contribution is -0.120. The second-order valence-corrected chi connectivity index (χ2v) is 7.28.